The van der Waals surface area contributed by atoms with Crippen molar-refractivity contribution >= 4 is 17.0 Å². The minimum Gasteiger partial charge on any atom is -0.418 e. The Hall–Kier alpha value is -2.55. The summed E-state index contributed by atoms with van der Waals surface area (Å²) in [5.41, 5.74) is 2.12. The lowest BCUT2D eigenvalue weighted by atomic mass is 10.2. The molecule has 4 aromatic rings. The van der Waals surface area contributed by atoms with E-state index in [-0.39, 0.29) is 6.04 Å². The number of nitrogens with zero attached hydrogens (tertiary/aromatic N) is 6. The molecular formula is C20H22N6OS. The van der Waals surface area contributed by atoms with Crippen molar-refractivity contribution in [3.05, 3.63) is 59.7 Å². The second-order valence-corrected chi connectivity index (χ2v) is 8.06. The fraction of sp³-hybridized carbons (Fsp3) is 0.350. The van der Waals surface area contributed by atoms with Crippen LogP contribution in [-0.4, -0.2) is 55.6 Å². The molecular weight excluding hydrogens is 372 g/mol. The predicted octanol–water partition coefficient (Wildman–Crippen LogP) is 3.32. The van der Waals surface area contributed by atoms with Gasteiger partial charge in [0.2, 0.25) is 5.89 Å². The van der Waals surface area contributed by atoms with Crippen LogP contribution in [0.1, 0.15) is 24.6 Å². The molecule has 1 saturated heterocycles. The van der Waals surface area contributed by atoms with Crippen LogP contribution in [0.4, 0.5) is 0 Å². The number of fused-ring (bicyclic) bond motifs is 1. The third-order valence-corrected chi connectivity index (χ3v) is 6.14. The number of pyridine rings is 1. The van der Waals surface area contributed by atoms with E-state index in [1.165, 1.54) is 0 Å². The highest BCUT2D eigenvalue weighted by molar-refractivity contribution is 7.13. The van der Waals surface area contributed by atoms with E-state index >= 15 is 0 Å². The largest absolute Gasteiger partial charge is 0.418 e. The first-order chi connectivity index (χ1) is 13.8. The SMILES string of the molecule is CC(c1nnc(-c2cccs2)o1)N1CCN(Cc2cn3ccccc3n2)CC1. The van der Waals surface area contributed by atoms with E-state index in [1.54, 1.807) is 11.3 Å². The van der Waals surface area contributed by atoms with Crippen LogP contribution in [-0.2, 0) is 6.54 Å². The smallest absolute Gasteiger partial charge is 0.257 e. The van der Waals surface area contributed by atoms with Crippen LogP contribution < -0.4 is 0 Å². The van der Waals surface area contributed by atoms with Gasteiger partial charge in [0.25, 0.3) is 5.89 Å². The Labute approximate surface area is 167 Å². The van der Waals surface area contributed by atoms with Crippen molar-refractivity contribution in [3.63, 3.8) is 0 Å². The molecule has 1 atom stereocenters. The number of rotatable bonds is 5. The summed E-state index contributed by atoms with van der Waals surface area (Å²) in [6.45, 7) is 6.99. The quantitative estimate of drug-likeness (QED) is 0.517. The Morgan fingerprint density at radius 3 is 2.79 bits per heavy atom. The molecule has 0 radical (unpaired) electrons. The van der Waals surface area contributed by atoms with Crippen LogP contribution in [0.3, 0.4) is 0 Å². The van der Waals surface area contributed by atoms with Crippen molar-refractivity contribution in [1.82, 2.24) is 29.4 Å². The average Bonchev–Trinajstić information content (AvgIpc) is 3.47. The molecule has 0 saturated carbocycles. The van der Waals surface area contributed by atoms with E-state index in [0.29, 0.717) is 11.8 Å². The van der Waals surface area contributed by atoms with E-state index in [1.807, 2.05) is 41.9 Å². The van der Waals surface area contributed by atoms with Gasteiger partial charge in [0.05, 0.1) is 16.6 Å². The number of hydrogen-bond donors (Lipinski definition) is 0. The van der Waals surface area contributed by atoms with Crippen LogP contribution in [0, 0.1) is 0 Å². The first kappa shape index (κ1) is 17.5. The maximum atomic E-state index is 5.92. The van der Waals surface area contributed by atoms with E-state index in [2.05, 4.69) is 37.5 Å². The summed E-state index contributed by atoms with van der Waals surface area (Å²) >= 11 is 1.62. The fourth-order valence-corrected chi connectivity index (χ4v) is 4.30. The van der Waals surface area contributed by atoms with Gasteiger partial charge in [-0.15, -0.1) is 21.5 Å². The van der Waals surface area contributed by atoms with Gasteiger partial charge < -0.3 is 8.82 Å². The molecule has 0 amide bonds. The van der Waals surface area contributed by atoms with Crippen molar-refractivity contribution in [1.29, 1.82) is 0 Å². The number of hydrogen-bond acceptors (Lipinski definition) is 7. The molecule has 0 N–H and O–H groups in total. The van der Waals surface area contributed by atoms with E-state index < -0.39 is 0 Å². The summed E-state index contributed by atoms with van der Waals surface area (Å²) < 4.78 is 8.00. The lowest BCUT2D eigenvalue weighted by Gasteiger charge is -2.36. The molecule has 1 aliphatic heterocycles. The van der Waals surface area contributed by atoms with Crippen LogP contribution in [0.2, 0.25) is 0 Å². The van der Waals surface area contributed by atoms with Crippen molar-refractivity contribution in [3.8, 4) is 10.8 Å². The Kier molecular flexibility index (Phi) is 4.67. The zero-order valence-electron chi connectivity index (χ0n) is 15.7. The van der Waals surface area contributed by atoms with E-state index in [9.17, 15) is 0 Å². The van der Waals surface area contributed by atoms with Crippen LogP contribution >= 0.6 is 11.3 Å². The second-order valence-electron chi connectivity index (χ2n) is 7.11. The van der Waals surface area contributed by atoms with Gasteiger partial charge in [-0.25, -0.2) is 4.98 Å². The molecule has 0 aromatic carbocycles. The van der Waals surface area contributed by atoms with Crippen LogP contribution in [0.25, 0.3) is 16.4 Å². The summed E-state index contributed by atoms with van der Waals surface area (Å²) in [7, 11) is 0. The van der Waals surface area contributed by atoms with Gasteiger partial charge in [0.1, 0.15) is 5.65 Å². The third kappa shape index (κ3) is 3.46. The maximum absolute atomic E-state index is 5.92. The van der Waals surface area contributed by atoms with Crippen molar-refractivity contribution in [2.45, 2.75) is 19.5 Å². The molecule has 28 heavy (non-hydrogen) atoms. The molecule has 144 valence electrons. The zero-order valence-corrected chi connectivity index (χ0v) is 16.5. The van der Waals surface area contributed by atoms with Crippen molar-refractivity contribution in [2.75, 3.05) is 26.2 Å². The maximum Gasteiger partial charge on any atom is 0.257 e. The lowest BCUT2D eigenvalue weighted by Crippen LogP contribution is -2.46. The summed E-state index contributed by atoms with van der Waals surface area (Å²) in [5.74, 6) is 1.31. The minimum absolute atomic E-state index is 0.124. The second kappa shape index (κ2) is 7.46. The Bertz CT molecular complexity index is 1010. The Balaban J connectivity index is 1.19. The topological polar surface area (TPSA) is 62.7 Å². The molecule has 7 nitrogen and oxygen atoms in total. The monoisotopic (exact) mass is 394 g/mol. The first-order valence-electron chi connectivity index (χ1n) is 9.52. The highest BCUT2D eigenvalue weighted by Crippen LogP contribution is 2.27. The molecule has 0 aliphatic carbocycles. The van der Waals surface area contributed by atoms with E-state index in [0.717, 1.165) is 48.9 Å². The van der Waals surface area contributed by atoms with Gasteiger partial charge in [-0.2, -0.15) is 0 Å². The van der Waals surface area contributed by atoms with Gasteiger partial charge in [-0.1, -0.05) is 12.1 Å². The van der Waals surface area contributed by atoms with Gasteiger partial charge in [0, 0.05) is 45.1 Å². The molecule has 8 heteroatoms. The number of imidazole rings is 1. The summed E-state index contributed by atoms with van der Waals surface area (Å²) in [6, 6.07) is 10.2. The highest BCUT2D eigenvalue weighted by atomic mass is 32.1. The predicted molar refractivity (Wildman–Crippen MR) is 108 cm³/mol. The number of thiophene rings is 1. The average molecular weight is 395 g/mol. The molecule has 0 spiro atoms. The van der Waals surface area contributed by atoms with Gasteiger partial charge in [0.15, 0.2) is 0 Å². The van der Waals surface area contributed by atoms with Gasteiger partial charge in [-0.3, -0.25) is 9.80 Å². The van der Waals surface area contributed by atoms with Crippen molar-refractivity contribution < 1.29 is 4.42 Å². The molecule has 4 aromatic heterocycles. The number of piperazine rings is 1. The normalized spacial score (nSPS) is 17.3. The fourth-order valence-electron chi connectivity index (χ4n) is 3.66. The molecule has 1 unspecified atom stereocenters. The highest BCUT2D eigenvalue weighted by Gasteiger charge is 2.26. The first-order valence-corrected chi connectivity index (χ1v) is 10.4. The molecule has 5 heterocycles. The zero-order chi connectivity index (χ0) is 18.9. The van der Waals surface area contributed by atoms with Crippen LogP contribution in [0.15, 0.2) is 52.5 Å². The third-order valence-electron chi connectivity index (χ3n) is 5.28. The Morgan fingerprint density at radius 1 is 1.11 bits per heavy atom. The van der Waals surface area contributed by atoms with Crippen molar-refractivity contribution in [2.24, 2.45) is 0 Å². The minimum atomic E-state index is 0.124. The van der Waals surface area contributed by atoms with Gasteiger partial charge in [-0.05, 0) is 30.5 Å². The summed E-state index contributed by atoms with van der Waals surface area (Å²) in [6.07, 6.45) is 4.16. The van der Waals surface area contributed by atoms with Gasteiger partial charge >= 0.3 is 0 Å². The molecule has 0 bridgehead atoms. The molecule has 1 aliphatic rings. The standard InChI is InChI=1S/C20H22N6OS/c1-15(19-22-23-20(27-19)17-5-4-12-28-17)25-10-8-24(9-11-25)13-16-14-26-7-3-2-6-18(26)21-16/h2-7,12,14-15H,8-11,13H2,1H3. The molecule has 5 rings (SSSR count). The number of aromatic nitrogens is 4. The Morgan fingerprint density at radius 2 is 2.00 bits per heavy atom. The van der Waals surface area contributed by atoms with E-state index in [4.69, 9.17) is 9.40 Å². The summed E-state index contributed by atoms with van der Waals surface area (Å²) in [5, 5.41) is 10.5. The summed E-state index contributed by atoms with van der Waals surface area (Å²) in [4.78, 5) is 10.6. The lowest BCUT2D eigenvalue weighted by molar-refractivity contribution is 0.0870. The van der Waals surface area contributed by atoms with Crippen LogP contribution in [0.5, 0.6) is 0 Å². The molecule has 1 fully saturated rings.